The number of rotatable bonds is 6. The zero-order chi connectivity index (χ0) is 32.1. The van der Waals surface area contributed by atoms with E-state index in [2.05, 4.69) is 107 Å². The Labute approximate surface area is 257 Å². The number of likely N-dealkylation sites (tertiary alicyclic amines) is 2. The quantitative estimate of drug-likeness (QED) is 0.328. The Bertz CT molecular complexity index is 1220. The normalized spacial score (nSPS) is 23.2. The van der Waals surface area contributed by atoms with Crippen LogP contribution >= 0.6 is 0 Å². The second-order valence-electron chi connectivity index (χ2n) is 13.9. The number of carbonyl (C=O) groups is 2. The van der Waals surface area contributed by atoms with E-state index in [1.165, 1.54) is 66.8 Å². The van der Waals surface area contributed by atoms with Gasteiger partial charge in [-0.1, -0.05) is 13.8 Å². The van der Waals surface area contributed by atoms with Gasteiger partial charge in [-0.15, -0.1) is 0 Å². The van der Waals surface area contributed by atoms with Crippen molar-refractivity contribution in [3.63, 3.8) is 0 Å². The molecule has 2 fully saturated rings. The van der Waals surface area contributed by atoms with Gasteiger partial charge >= 0.3 is 0 Å². The lowest BCUT2D eigenvalue weighted by Crippen LogP contribution is -2.62. The Hall–Kier alpha value is -2.62. The Morgan fingerprint density at radius 2 is 0.667 bits per heavy atom. The molecule has 0 radical (unpaired) electrons. The standard InChI is InChI=1S/2C19H29NO/c2*1-10(20-17(8)16(7)19(20)21)9-18-14(5)12(3)11(2)13(4)15(18)6/h2*10,16-17H,9H2,1-8H3/t10-,16?,17?;10-,16-,17+/m00/s1. The molecular weight excluding hydrogens is 516 g/mol. The summed E-state index contributed by atoms with van der Waals surface area (Å²) in [5, 5.41) is 0. The summed E-state index contributed by atoms with van der Waals surface area (Å²) in [7, 11) is 0. The Kier molecular flexibility index (Phi) is 10.1. The first-order valence-corrected chi connectivity index (χ1v) is 16.1. The van der Waals surface area contributed by atoms with Crippen LogP contribution in [0.3, 0.4) is 0 Å². The second kappa shape index (κ2) is 12.5. The van der Waals surface area contributed by atoms with Crippen LogP contribution in [-0.4, -0.2) is 45.8 Å². The van der Waals surface area contributed by atoms with Crippen LogP contribution < -0.4 is 0 Å². The van der Waals surface area contributed by atoms with Crippen molar-refractivity contribution in [2.45, 2.75) is 148 Å². The molecule has 2 saturated heterocycles. The smallest absolute Gasteiger partial charge is 0.227 e. The molecule has 2 heterocycles. The molecule has 2 unspecified atom stereocenters. The number of hydrogen-bond acceptors (Lipinski definition) is 2. The number of hydrogen-bond donors (Lipinski definition) is 0. The van der Waals surface area contributed by atoms with Crippen molar-refractivity contribution in [2.24, 2.45) is 11.8 Å². The van der Waals surface area contributed by atoms with Crippen LogP contribution in [0.5, 0.6) is 0 Å². The fraction of sp³-hybridized carbons (Fsp3) is 0.632. The van der Waals surface area contributed by atoms with Gasteiger partial charge < -0.3 is 9.80 Å². The summed E-state index contributed by atoms with van der Waals surface area (Å²) in [6, 6.07) is 1.31. The van der Waals surface area contributed by atoms with E-state index in [1.54, 1.807) is 0 Å². The van der Waals surface area contributed by atoms with Gasteiger partial charge in [-0.05, 0) is 177 Å². The van der Waals surface area contributed by atoms with E-state index in [9.17, 15) is 9.59 Å². The highest BCUT2D eigenvalue weighted by Gasteiger charge is 2.44. The van der Waals surface area contributed by atoms with E-state index < -0.39 is 0 Å². The fourth-order valence-electron chi connectivity index (χ4n) is 7.39. The van der Waals surface area contributed by atoms with Crippen LogP contribution in [0.25, 0.3) is 0 Å². The molecule has 0 bridgehead atoms. The molecule has 4 rings (SSSR count). The van der Waals surface area contributed by atoms with Crippen LogP contribution in [0.15, 0.2) is 0 Å². The van der Waals surface area contributed by atoms with Gasteiger partial charge in [-0.3, -0.25) is 9.59 Å². The van der Waals surface area contributed by atoms with Crippen LogP contribution in [0.1, 0.15) is 108 Å². The largest absolute Gasteiger partial charge is 0.336 e. The van der Waals surface area contributed by atoms with Crippen LogP contribution in [0.2, 0.25) is 0 Å². The van der Waals surface area contributed by atoms with Gasteiger partial charge in [0, 0.05) is 24.2 Å². The van der Waals surface area contributed by atoms with Gasteiger partial charge in [0.15, 0.2) is 0 Å². The summed E-state index contributed by atoms with van der Waals surface area (Å²) < 4.78 is 0. The lowest BCUT2D eigenvalue weighted by molar-refractivity contribution is -0.158. The van der Waals surface area contributed by atoms with Gasteiger partial charge in [0.2, 0.25) is 11.8 Å². The molecule has 2 aliphatic heterocycles. The molecule has 42 heavy (non-hydrogen) atoms. The van der Waals surface area contributed by atoms with Gasteiger partial charge in [0.25, 0.3) is 0 Å². The lowest BCUT2D eigenvalue weighted by atomic mass is 9.84. The third-order valence-corrected chi connectivity index (χ3v) is 11.9. The van der Waals surface area contributed by atoms with Crippen molar-refractivity contribution in [1.82, 2.24) is 9.80 Å². The van der Waals surface area contributed by atoms with Crippen molar-refractivity contribution in [1.29, 1.82) is 0 Å². The number of nitrogens with zero attached hydrogens (tertiary/aromatic N) is 2. The van der Waals surface area contributed by atoms with Crippen molar-refractivity contribution in [3.8, 4) is 0 Å². The van der Waals surface area contributed by atoms with Gasteiger partial charge in [-0.2, -0.15) is 0 Å². The highest BCUT2D eigenvalue weighted by molar-refractivity contribution is 5.86. The molecule has 0 spiro atoms. The van der Waals surface area contributed by atoms with E-state index in [1.807, 2.05) is 13.8 Å². The van der Waals surface area contributed by atoms with Crippen molar-refractivity contribution >= 4 is 11.8 Å². The maximum Gasteiger partial charge on any atom is 0.227 e. The Morgan fingerprint density at radius 1 is 0.452 bits per heavy atom. The number of benzene rings is 2. The first-order chi connectivity index (χ1) is 19.4. The molecule has 0 aliphatic carbocycles. The van der Waals surface area contributed by atoms with Crippen LogP contribution in [0.4, 0.5) is 0 Å². The predicted molar refractivity (Wildman–Crippen MR) is 178 cm³/mol. The summed E-state index contributed by atoms with van der Waals surface area (Å²) in [5.41, 5.74) is 16.9. The molecule has 2 aromatic rings. The van der Waals surface area contributed by atoms with E-state index in [0.717, 1.165) is 12.8 Å². The molecule has 2 aliphatic rings. The molecule has 232 valence electrons. The maximum absolute atomic E-state index is 12.1. The summed E-state index contributed by atoms with van der Waals surface area (Å²) >= 11 is 0. The molecule has 2 aromatic carbocycles. The average Bonchev–Trinajstić information content (AvgIpc) is 2.97. The van der Waals surface area contributed by atoms with E-state index >= 15 is 0 Å². The minimum absolute atomic E-state index is 0.191. The minimum atomic E-state index is 0.191. The van der Waals surface area contributed by atoms with Gasteiger partial charge in [0.1, 0.15) is 0 Å². The molecule has 0 N–H and O–H groups in total. The van der Waals surface area contributed by atoms with Crippen molar-refractivity contribution in [3.05, 3.63) is 66.8 Å². The number of β-lactam (4-membered cyclic amide) rings is 2. The van der Waals surface area contributed by atoms with E-state index in [-0.39, 0.29) is 23.9 Å². The van der Waals surface area contributed by atoms with Crippen LogP contribution in [-0.2, 0) is 22.4 Å². The van der Waals surface area contributed by atoms with Crippen molar-refractivity contribution in [2.75, 3.05) is 0 Å². The first kappa shape index (κ1) is 33.9. The summed E-state index contributed by atoms with van der Waals surface area (Å²) in [6.45, 7) is 34.9. The highest BCUT2D eigenvalue weighted by atomic mass is 16.2. The predicted octanol–water partition coefficient (Wildman–Crippen LogP) is 8.05. The van der Waals surface area contributed by atoms with E-state index in [4.69, 9.17) is 0 Å². The zero-order valence-electron chi connectivity index (χ0n) is 29.6. The SMILES string of the molecule is Cc1c(C)c(C)c(C[C@H](C)N2C(=O)C(C)C2C)c(C)c1C.Cc1c(C)c(C)c(C[C@H](C)N2C(=O)[C@@H](C)[C@H]2C)c(C)c1C. The molecule has 4 nitrogen and oxygen atoms in total. The molecule has 0 aromatic heterocycles. The van der Waals surface area contributed by atoms with E-state index in [0.29, 0.717) is 23.9 Å². The summed E-state index contributed by atoms with van der Waals surface area (Å²) in [6.07, 6.45) is 1.92. The molecule has 4 heteroatoms. The Balaban J connectivity index is 0.000000230. The fourth-order valence-corrected chi connectivity index (χ4v) is 7.39. The first-order valence-electron chi connectivity index (χ1n) is 16.1. The summed E-state index contributed by atoms with van der Waals surface area (Å²) in [4.78, 5) is 28.3. The van der Waals surface area contributed by atoms with Gasteiger partial charge in [-0.25, -0.2) is 0 Å². The highest BCUT2D eigenvalue weighted by Crippen LogP contribution is 2.34. The van der Waals surface area contributed by atoms with Crippen LogP contribution in [0, 0.1) is 81.1 Å². The molecule has 6 atom stereocenters. The minimum Gasteiger partial charge on any atom is -0.336 e. The molecule has 2 amide bonds. The van der Waals surface area contributed by atoms with Gasteiger partial charge in [0.05, 0.1) is 11.8 Å². The molecular formula is C38H58N2O2. The molecule has 0 saturated carbocycles. The lowest BCUT2D eigenvalue weighted by Gasteiger charge is -2.48. The topological polar surface area (TPSA) is 40.6 Å². The average molecular weight is 575 g/mol. The maximum atomic E-state index is 12.1. The zero-order valence-corrected chi connectivity index (χ0v) is 29.6. The Morgan fingerprint density at radius 3 is 0.881 bits per heavy atom. The second-order valence-corrected chi connectivity index (χ2v) is 13.9. The number of amides is 2. The monoisotopic (exact) mass is 574 g/mol. The van der Waals surface area contributed by atoms with Crippen molar-refractivity contribution < 1.29 is 9.59 Å². The number of carbonyl (C=O) groups excluding carboxylic acids is 2. The third kappa shape index (κ3) is 5.67. The summed E-state index contributed by atoms with van der Waals surface area (Å²) in [5.74, 6) is 1.00. The third-order valence-electron chi connectivity index (χ3n) is 11.9.